The summed E-state index contributed by atoms with van der Waals surface area (Å²) in [5, 5.41) is -0.311. The molecule has 1 spiro atoms. The minimum Gasteiger partial charge on any atom is -0.543 e. The molecule has 2 aliphatic rings. The summed E-state index contributed by atoms with van der Waals surface area (Å²) in [6, 6.07) is 3.67. The van der Waals surface area contributed by atoms with Crippen LogP contribution in [0.4, 0.5) is 0 Å². The van der Waals surface area contributed by atoms with Gasteiger partial charge in [-0.1, -0.05) is 41.5 Å². The van der Waals surface area contributed by atoms with Crippen LogP contribution in [0.3, 0.4) is 0 Å². The second-order valence-electron chi connectivity index (χ2n) is 15.3. The molecule has 1 aromatic carbocycles. The van der Waals surface area contributed by atoms with Crippen molar-refractivity contribution in [3.63, 3.8) is 0 Å². The minimum atomic E-state index is -2.55. The van der Waals surface area contributed by atoms with Crippen molar-refractivity contribution in [2.24, 2.45) is 0 Å². The molecule has 0 saturated carbocycles. The van der Waals surface area contributed by atoms with Gasteiger partial charge in [0.25, 0.3) is 0 Å². The molecular weight excluding hydrogens is 645 g/mol. The lowest BCUT2D eigenvalue weighted by Gasteiger charge is -2.49. The summed E-state index contributed by atoms with van der Waals surface area (Å²) in [6.45, 7) is 25.6. The van der Waals surface area contributed by atoms with Gasteiger partial charge >= 0.3 is 23.9 Å². The summed E-state index contributed by atoms with van der Waals surface area (Å²) >= 11 is 0. The maximum atomic E-state index is 12.7. The van der Waals surface area contributed by atoms with Crippen LogP contribution in [-0.4, -0.2) is 71.5 Å². The fourth-order valence-corrected chi connectivity index (χ4v) is 7.04. The molecule has 2 aliphatic heterocycles. The first-order valence-electron chi connectivity index (χ1n) is 15.8. The number of benzene rings is 1. The van der Waals surface area contributed by atoms with E-state index in [9.17, 15) is 19.2 Å². The van der Waals surface area contributed by atoms with E-state index >= 15 is 0 Å². The number of ether oxygens (including phenoxy) is 6. The first kappa shape index (κ1) is 38.5. The fourth-order valence-electron chi connectivity index (χ4n) is 5.01. The van der Waals surface area contributed by atoms with Crippen molar-refractivity contribution in [2.75, 3.05) is 6.61 Å². The topological polar surface area (TPSA) is 142 Å². The summed E-state index contributed by atoms with van der Waals surface area (Å²) < 4.78 is 49.3. The van der Waals surface area contributed by atoms with Crippen molar-refractivity contribution < 1.29 is 56.5 Å². The number of hydrogen-bond donors (Lipinski definition) is 0. The molecule has 0 aromatic heterocycles. The normalized spacial score (nSPS) is 24.6. The van der Waals surface area contributed by atoms with Gasteiger partial charge in [-0.25, -0.2) is 0 Å². The fraction of sp³-hybridized carbons (Fsp3) is 0.697. The molecular formula is C33H52O12Si2. The Labute approximate surface area is 280 Å². The lowest BCUT2D eigenvalue weighted by molar-refractivity contribution is -0.370. The zero-order chi connectivity index (χ0) is 35.9. The van der Waals surface area contributed by atoms with Gasteiger partial charge in [0, 0.05) is 33.8 Å². The molecule has 0 aliphatic carbocycles. The number of rotatable bonds is 9. The van der Waals surface area contributed by atoms with E-state index in [4.69, 9.17) is 37.3 Å². The molecule has 5 atom stereocenters. The van der Waals surface area contributed by atoms with Crippen LogP contribution < -0.4 is 8.85 Å². The highest BCUT2D eigenvalue weighted by molar-refractivity contribution is 6.75. The first-order valence-corrected chi connectivity index (χ1v) is 21.6. The van der Waals surface area contributed by atoms with E-state index < -0.39 is 70.7 Å². The number of fused-ring (bicyclic) bond motifs is 2. The van der Waals surface area contributed by atoms with E-state index in [1.807, 2.05) is 12.1 Å². The van der Waals surface area contributed by atoms with Crippen LogP contribution in [-0.2, 0) is 60.0 Å². The Morgan fingerprint density at radius 1 is 0.766 bits per heavy atom. The predicted molar refractivity (Wildman–Crippen MR) is 177 cm³/mol. The van der Waals surface area contributed by atoms with Gasteiger partial charge in [0.05, 0.1) is 12.2 Å². The summed E-state index contributed by atoms with van der Waals surface area (Å²) in [5.41, 5.74) is 1.06. The lowest BCUT2D eigenvalue weighted by Crippen LogP contribution is -2.66. The van der Waals surface area contributed by atoms with Crippen LogP contribution in [0.5, 0.6) is 11.5 Å². The monoisotopic (exact) mass is 696 g/mol. The van der Waals surface area contributed by atoms with Crippen molar-refractivity contribution in [1.29, 1.82) is 0 Å². The maximum Gasteiger partial charge on any atom is 0.303 e. The molecule has 1 saturated heterocycles. The van der Waals surface area contributed by atoms with Crippen LogP contribution >= 0.6 is 0 Å². The molecule has 3 rings (SSSR count). The van der Waals surface area contributed by atoms with Crippen molar-refractivity contribution in [3.8, 4) is 11.5 Å². The Balaban J connectivity index is 2.37. The second kappa shape index (κ2) is 13.5. The Kier molecular flexibility index (Phi) is 11.1. The average molecular weight is 697 g/mol. The van der Waals surface area contributed by atoms with E-state index in [-0.39, 0.29) is 23.3 Å². The Morgan fingerprint density at radius 3 is 1.77 bits per heavy atom. The molecule has 12 nitrogen and oxygen atoms in total. The van der Waals surface area contributed by atoms with Gasteiger partial charge in [0.2, 0.25) is 28.5 Å². The van der Waals surface area contributed by atoms with E-state index in [0.717, 1.165) is 0 Å². The van der Waals surface area contributed by atoms with Gasteiger partial charge in [0.15, 0.2) is 12.2 Å². The van der Waals surface area contributed by atoms with Gasteiger partial charge in [-0.3, -0.25) is 19.2 Å². The lowest BCUT2D eigenvalue weighted by atomic mass is 9.86. The van der Waals surface area contributed by atoms with Crippen LogP contribution in [0, 0.1) is 0 Å². The molecule has 0 amide bonds. The second-order valence-corrected chi connectivity index (χ2v) is 24.7. The molecule has 264 valence electrons. The van der Waals surface area contributed by atoms with Crippen molar-refractivity contribution >= 4 is 40.5 Å². The summed E-state index contributed by atoms with van der Waals surface area (Å²) in [6.07, 6.45) is -5.40. The van der Waals surface area contributed by atoms with Crippen LogP contribution in [0.25, 0.3) is 0 Å². The van der Waals surface area contributed by atoms with Crippen molar-refractivity contribution in [2.45, 2.75) is 142 Å². The molecule has 0 radical (unpaired) electrons. The predicted octanol–water partition coefficient (Wildman–Crippen LogP) is 5.89. The molecule has 14 heteroatoms. The van der Waals surface area contributed by atoms with Crippen LogP contribution in [0.15, 0.2) is 12.1 Å². The van der Waals surface area contributed by atoms with Crippen molar-refractivity contribution in [3.05, 3.63) is 23.3 Å². The quantitative estimate of drug-likeness (QED) is 0.173. The molecule has 1 fully saturated rings. The third kappa shape index (κ3) is 8.38. The molecule has 47 heavy (non-hydrogen) atoms. The average Bonchev–Trinajstić information content (AvgIpc) is 3.23. The zero-order valence-corrected chi connectivity index (χ0v) is 32.3. The highest BCUT2D eigenvalue weighted by Crippen LogP contribution is 2.54. The van der Waals surface area contributed by atoms with Gasteiger partial charge < -0.3 is 37.3 Å². The summed E-state index contributed by atoms with van der Waals surface area (Å²) in [5.74, 6) is -3.72. The molecule has 0 bridgehead atoms. The third-order valence-electron chi connectivity index (χ3n) is 9.34. The van der Waals surface area contributed by atoms with Crippen LogP contribution in [0.1, 0.15) is 80.4 Å². The largest absolute Gasteiger partial charge is 0.543 e. The highest BCUT2D eigenvalue weighted by atomic mass is 28.4. The van der Waals surface area contributed by atoms with E-state index in [2.05, 4.69) is 67.7 Å². The van der Waals surface area contributed by atoms with E-state index in [0.29, 0.717) is 22.6 Å². The Hall–Kier alpha value is -2.95. The first-order chi connectivity index (χ1) is 21.3. The molecule has 0 N–H and O–H groups in total. The summed E-state index contributed by atoms with van der Waals surface area (Å²) in [4.78, 5) is 49.4. The van der Waals surface area contributed by atoms with Gasteiger partial charge in [-0.2, -0.15) is 0 Å². The van der Waals surface area contributed by atoms with Gasteiger partial charge in [0.1, 0.15) is 24.2 Å². The van der Waals surface area contributed by atoms with Gasteiger partial charge in [-0.15, -0.1) is 0 Å². The summed E-state index contributed by atoms with van der Waals surface area (Å²) in [7, 11) is -4.86. The van der Waals surface area contributed by atoms with Crippen LogP contribution in [0.2, 0.25) is 36.3 Å². The molecule has 2 heterocycles. The Morgan fingerprint density at radius 2 is 1.28 bits per heavy atom. The van der Waals surface area contributed by atoms with E-state index in [1.54, 1.807) is 0 Å². The number of carbonyl (C=O) groups is 4. The highest BCUT2D eigenvalue weighted by Gasteiger charge is 2.65. The zero-order valence-electron chi connectivity index (χ0n) is 30.3. The molecule has 0 unspecified atom stereocenters. The number of esters is 4. The van der Waals surface area contributed by atoms with Crippen molar-refractivity contribution in [1.82, 2.24) is 0 Å². The smallest absolute Gasteiger partial charge is 0.303 e. The Bertz CT molecular complexity index is 1380. The minimum absolute atomic E-state index is 0.0129. The number of carbonyl (C=O) groups excluding carboxylic acids is 4. The maximum absolute atomic E-state index is 12.7. The molecule has 1 aromatic rings. The van der Waals surface area contributed by atoms with Gasteiger partial charge in [-0.05, 0) is 47.9 Å². The number of hydrogen-bond acceptors (Lipinski definition) is 12. The standard InChI is InChI=1S/C33H52O12Si2/c1-19(34)38-18-26-28(40-20(2)35)29(41-21(3)36)30(42-22(4)37)33(43-26)27-23(17-39-33)15-24(44-46(11,12)31(5,6)7)16-25(27)45-47(13,14)32(8,9)10/h15-16,26,28-30H,17-18H2,1-14H3/t26-,28-,29+,30-,33+/m1/s1. The SMILES string of the molecule is CC(=O)OC[C@H]1O[C@]2(OCc3cc(O[Si](C)(C)C(C)(C)C)cc(O[Si](C)(C)C(C)(C)C)c32)[C@H](OC(C)=O)[C@@H](OC(C)=O)[C@@H]1OC(C)=O. The third-order valence-corrected chi connectivity index (χ3v) is 18.0. The van der Waals surface area contributed by atoms with E-state index in [1.165, 1.54) is 27.7 Å².